The number of hydrogen-bond acceptors (Lipinski definition) is 3. The summed E-state index contributed by atoms with van der Waals surface area (Å²) < 4.78 is 0. The van der Waals surface area contributed by atoms with E-state index in [-0.39, 0.29) is 18.5 Å². The molecule has 0 spiro atoms. The van der Waals surface area contributed by atoms with Crippen molar-refractivity contribution in [3.05, 3.63) is 35.4 Å². The van der Waals surface area contributed by atoms with Gasteiger partial charge in [0.15, 0.2) is 0 Å². The molecule has 0 aliphatic carbocycles. The predicted octanol–water partition coefficient (Wildman–Crippen LogP) is 2.88. The van der Waals surface area contributed by atoms with Crippen LogP contribution in [0.4, 0.5) is 4.79 Å². The van der Waals surface area contributed by atoms with E-state index in [4.69, 9.17) is 0 Å². The molecule has 1 atom stereocenters. The Kier molecular flexibility index (Phi) is 7.26. The average Bonchev–Trinajstić information content (AvgIpc) is 2.60. The summed E-state index contributed by atoms with van der Waals surface area (Å²) in [5.74, 6) is 0.0815. The molecular formula is C20H33N3O2. The monoisotopic (exact) mass is 347 g/mol. The number of urea groups is 1. The molecule has 1 unspecified atom stereocenters. The standard InChI is InChI=1S/C20H33N3O2/c1-16(2)20(3,25)15-22-19(24)21-13-17-9-5-6-10-18(17)14-23-11-7-4-8-12-23/h5-6,9-10,16,25H,4,7-8,11-15H2,1-3H3,(H2,21,22,24). The molecule has 1 aliphatic heterocycles. The second-order valence-electron chi connectivity index (χ2n) is 7.65. The van der Waals surface area contributed by atoms with Crippen LogP contribution in [0.1, 0.15) is 51.2 Å². The van der Waals surface area contributed by atoms with Crippen molar-refractivity contribution in [2.45, 2.75) is 58.7 Å². The minimum atomic E-state index is -0.899. The summed E-state index contributed by atoms with van der Waals surface area (Å²) in [5.41, 5.74) is 1.53. The van der Waals surface area contributed by atoms with Crippen LogP contribution in [-0.4, -0.2) is 41.3 Å². The molecule has 1 heterocycles. The van der Waals surface area contributed by atoms with Crippen LogP contribution < -0.4 is 10.6 Å². The fourth-order valence-electron chi connectivity index (χ4n) is 2.94. The molecule has 5 nitrogen and oxygen atoms in total. The first-order valence-corrected chi connectivity index (χ1v) is 9.41. The number of likely N-dealkylation sites (tertiary alicyclic amines) is 1. The molecule has 0 bridgehead atoms. The average molecular weight is 348 g/mol. The van der Waals surface area contributed by atoms with Gasteiger partial charge in [0.05, 0.1) is 5.60 Å². The second-order valence-corrected chi connectivity index (χ2v) is 7.65. The van der Waals surface area contributed by atoms with Crippen LogP contribution >= 0.6 is 0 Å². The highest BCUT2D eigenvalue weighted by Gasteiger charge is 2.25. The Hall–Kier alpha value is -1.59. The van der Waals surface area contributed by atoms with Gasteiger partial charge in [-0.3, -0.25) is 4.90 Å². The van der Waals surface area contributed by atoms with Crippen molar-refractivity contribution in [2.24, 2.45) is 5.92 Å². The SMILES string of the molecule is CC(C)C(C)(O)CNC(=O)NCc1ccccc1CN1CCCCC1. The van der Waals surface area contributed by atoms with Crippen molar-refractivity contribution in [3.63, 3.8) is 0 Å². The molecule has 1 saturated heterocycles. The first-order valence-electron chi connectivity index (χ1n) is 9.41. The topological polar surface area (TPSA) is 64.6 Å². The van der Waals surface area contributed by atoms with Crippen LogP contribution in [0, 0.1) is 5.92 Å². The van der Waals surface area contributed by atoms with Gasteiger partial charge in [-0.25, -0.2) is 4.79 Å². The number of nitrogens with one attached hydrogen (secondary N) is 2. The van der Waals surface area contributed by atoms with E-state index in [0.717, 1.165) is 25.2 Å². The highest BCUT2D eigenvalue weighted by molar-refractivity contribution is 5.73. The van der Waals surface area contributed by atoms with Gasteiger partial charge >= 0.3 is 6.03 Å². The normalized spacial score (nSPS) is 18.0. The van der Waals surface area contributed by atoms with Gasteiger partial charge < -0.3 is 15.7 Å². The molecule has 25 heavy (non-hydrogen) atoms. The molecular weight excluding hydrogens is 314 g/mol. The zero-order valence-electron chi connectivity index (χ0n) is 15.8. The van der Waals surface area contributed by atoms with Crippen molar-refractivity contribution in [2.75, 3.05) is 19.6 Å². The molecule has 2 rings (SSSR count). The molecule has 140 valence electrons. The van der Waals surface area contributed by atoms with Gasteiger partial charge in [0.1, 0.15) is 0 Å². The molecule has 1 aromatic carbocycles. The van der Waals surface area contributed by atoms with E-state index in [1.54, 1.807) is 6.92 Å². The number of carbonyl (C=O) groups excluding carboxylic acids is 1. The largest absolute Gasteiger partial charge is 0.388 e. The first kappa shape index (κ1) is 19.7. The van der Waals surface area contributed by atoms with Gasteiger partial charge in [-0.1, -0.05) is 44.5 Å². The number of aliphatic hydroxyl groups is 1. The summed E-state index contributed by atoms with van der Waals surface area (Å²) >= 11 is 0. The first-order chi connectivity index (χ1) is 11.9. The Morgan fingerprint density at radius 1 is 1.16 bits per heavy atom. The number of amides is 2. The third kappa shape index (κ3) is 6.33. The smallest absolute Gasteiger partial charge is 0.315 e. The summed E-state index contributed by atoms with van der Waals surface area (Å²) in [5, 5.41) is 15.9. The van der Waals surface area contributed by atoms with Crippen molar-refractivity contribution in [3.8, 4) is 0 Å². The minimum absolute atomic E-state index is 0.0815. The Labute approximate surface area is 151 Å². The summed E-state index contributed by atoms with van der Waals surface area (Å²) in [6.45, 7) is 9.63. The van der Waals surface area contributed by atoms with Gasteiger partial charge in [0, 0.05) is 19.6 Å². The summed E-state index contributed by atoms with van der Waals surface area (Å²) in [6, 6.07) is 8.05. The predicted molar refractivity (Wildman–Crippen MR) is 101 cm³/mol. The van der Waals surface area contributed by atoms with Crippen LogP contribution in [-0.2, 0) is 13.1 Å². The van der Waals surface area contributed by atoms with Gasteiger partial charge in [-0.2, -0.15) is 0 Å². The maximum atomic E-state index is 12.0. The van der Waals surface area contributed by atoms with Crippen molar-refractivity contribution in [1.82, 2.24) is 15.5 Å². The maximum Gasteiger partial charge on any atom is 0.315 e. The molecule has 1 fully saturated rings. The molecule has 0 saturated carbocycles. The molecule has 1 aromatic rings. The molecule has 0 radical (unpaired) electrons. The van der Waals surface area contributed by atoms with Gasteiger partial charge in [0.2, 0.25) is 0 Å². The Bertz CT molecular complexity index is 552. The number of hydrogen-bond donors (Lipinski definition) is 3. The minimum Gasteiger partial charge on any atom is -0.388 e. The molecule has 5 heteroatoms. The zero-order chi connectivity index (χ0) is 18.3. The van der Waals surface area contributed by atoms with Gasteiger partial charge in [-0.15, -0.1) is 0 Å². The molecule has 2 amide bonds. The Balaban J connectivity index is 1.84. The lowest BCUT2D eigenvalue weighted by molar-refractivity contribution is 0.0166. The van der Waals surface area contributed by atoms with E-state index in [0.29, 0.717) is 6.54 Å². The number of nitrogens with zero attached hydrogens (tertiary/aromatic N) is 1. The number of carbonyl (C=O) groups is 1. The molecule has 0 aromatic heterocycles. The second kappa shape index (κ2) is 9.20. The van der Waals surface area contributed by atoms with E-state index in [1.807, 2.05) is 19.9 Å². The van der Waals surface area contributed by atoms with Gasteiger partial charge in [0.25, 0.3) is 0 Å². The van der Waals surface area contributed by atoms with Crippen molar-refractivity contribution < 1.29 is 9.90 Å². The van der Waals surface area contributed by atoms with Crippen LogP contribution in [0.5, 0.6) is 0 Å². The quantitative estimate of drug-likeness (QED) is 0.711. The van der Waals surface area contributed by atoms with Crippen LogP contribution in [0.3, 0.4) is 0 Å². The van der Waals surface area contributed by atoms with Crippen LogP contribution in [0.15, 0.2) is 24.3 Å². The highest BCUT2D eigenvalue weighted by atomic mass is 16.3. The summed E-state index contributed by atoms with van der Waals surface area (Å²) in [6.07, 6.45) is 3.89. The Morgan fingerprint density at radius 3 is 2.44 bits per heavy atom. The van der Waals surface area contributed by atoms with E-state index in [1.165, 1.54) is 24.8 Å². The third-order valence-electron chi connectivity index (χ3n) is 5.25. The van der Waals surface area contributed by atoms with Crippen LogP contribution in [0.2, 0.25) is 0 Å². The maximum absolute atomic E-state index is 12.0. The van der Waals surface area contributed by atoms with E-state index in [9.17, 15) is 9.90 Å². The molecule has 1 aliphatic rings. The lowest BCUT2D eigenvalue weighted by Gasteiger charge is -2.28. The van der Waals surface area contributed by atoms with E-state index in [2.05, 4.69) is 33.7 Å². The lowest BCUT2D eigenvalue weighted by atomic mass is 9.93. The molecule has 3 N–H and O–H groups in total. The highest BCUT2D eigenvalue weighted by Crippen LogP contribution is 2.16. The number of rotatable bonds is 7. The zero-order valence-corrected chi connectivity index (χ0v) is 15.8. The van der Waals surface area contributed by atoms with Crippen molar-refractivity contribution >= 4 is 6.03 Å². The summed E-state index contributed by atoms with van der Waals surface area (Å²) in [4.78, 5) is 14.5. The van der Waals surface area contributed by atoms with E-state index >= 15 is 0 Å². The fourth-order valence-corrected chi connectivity index (χ4v) is 2.94. The number of benzene rings is 1. The fraction of sp³-hybridized carbons (Fsp3) is 0.650. The third-order valence-corrected chi connectivity index (χ3v) is 5.25. The van der Waals surface area contributed by atoms with E-state index < -0.39 is 5.60 Å². The Morgan fingerprint density at radius 2 is 1.80 bits per heavy atom. The summed E-state index contributed by atoms with van der Waals surface area (Å²) in [7, 11) is 0. The number of piperidine rings is 1. The van der Waals surface area contributed by atoms with Crippen molar-refractivity contribution in [1.29, 1.82) is 0 Å². The van der Waals surface area contributed by atoms with Gasteiger partial charge in [-0.05, 0) is 49.9 Å². The van der Waals surface area contributed by atoms with Crippen LogP contribution in [0.25, 0.3) is 0 Å². The lowest BCUT2D eigenvalue weighted by Crippen LogP contribution is -2.47.